The molecule has 1 N–H and O–H groups in total. The number of nitrogens with zero attached hydrogens (tertiary/aromatic N) is 1. The van der Waals surface area contributed by atoms with Gasteiger partial charge in [0.05, 0.1) is 23.7 Å². The van der Waals surface area contributed by atoms with Gasteiger partial charge in [-0.1, -0.05) is 11.6 Å². The number of nitrogens with one attached hydrogen (secondary N) is 1. The topological polar surface area (TPSA) is 66.5 Å². The van der Waals surface area contributed by atoms with Crippen LogP contribution in [0.1, 0.15) is 13.3 Å². The molecule has 1 fully saturated rings. The number of hydrogen-bond donors (Lipinski definition) is 1. The first-order valence-corrected chi connectivity index (χ1v) is 9.16. The molecule has 1 amide bonds. The van der Waals surface area contributed by atoms with Gasteiger partial charge in [0, 0.05) is 17.6 Å². The van der Waals surface area contributed by atoms with Crippen LogP contribution in [0.4, 0.5) is 10.1 Å². The minimum Gasteiger partial charge on any atom is -0.322 e. The number of benzene rings is 1. The number of hydrogen-bond acceptors (Lipinski definition) is 4. The van der Waals surface area contributed by atoms with Crippen LogP contribution >= 0.6 is 11.6 Å². The van der Waals surface area contributed by atoms with Gasteiger partial charge in [0.15, 0.2) is 9.84 Å². The fraction of sp³-hybridized carbons (Fsp3) is 0.500. The second kappa shape index (κ2) is 6.93. The number of halogens is 2. The van der Waals surface area contributed by atoms with Crippen LogP contribution in [0.15, 0.2) is 18.2 Å². The van der Waals surface area contributed by atoms with Gasteiger partial charge >= 0.3 is 0 Å². The smallest absolute Gasteiger partial charge is 0.238 e. The van der Waals surface area contributed by atoms with Crippen molar-refractivity contribution in [3.63, 3.8) is 0 Å². The van der Waals surface area contributed by atoms with Crippen molar-refractivity contribution < 1.29 is 17.6 Å². The lowest BCUT2D eigenvalue weighted by atomic mass is 10.2. The lowest BCUT2D eigenvalue weighted by Gasteiger charge is -2.25. The Morgan fingerprint density at radius 1 is 1.45 bits per heavy atom. The van der Waals surface area contributed by atoms with Gasteiger partial charge in [-0.2, -0.15) is 0 Å². The molecule has 1 saturated heterocycles. The van der Waals surface area contributed by atoms with Crippen LogP contribution in [0.5, 0.6) is 0 Å². The highest BCUT2D eigenvalue weighted by molar-refractivity contribution is 7.91. The molecule has 0 saturated carbocycles. The van der Waals surface area contributed by atoms with Crippen LogP contribution < -0.4 is 5.32 Å². The van der Waals surface area contributed by atoms with Crippen molar-refractivity contribution in [1.82, 2.24) is 4.90 Å². The number of rotatable bonds is 3. The van der Waals surface area contributed by atoms with E-state index in [1.54, 1.807) is 4.90 Å². The quantitative estimate of drug-likeness (QED) is 0.906. The lowest BCUT2D eigenvalue weighted by molar-refractivity contribution is -0.117. The van der Waals surface area contributed by atoms with Gasteiger partial charge in [-0.25, -0.2) is 12.8 Å². The van der Waals surface area contributed by atoms with Gasteiger partial charge in [0.2, 0.25) is 5.91 Å². The predicted octanol–water partition coefficient (Wildman–Crippen LogP) is 1.93. The van der Waals surface area contributed by atoms with Crippen LogP contribution in [0, 0.1) is 5.82 Å². The molecule has 0 radical (unpaired) electrons. The Morgan fingerprint density at radius 2 is 2.18 bits per heavy atom. The summed E-state index contributed by atoms with van der Waals surface area (Å²) in [6.07, 6.45) is 0.487. The van der Waals surface area contributed by atoms with Crippen molar-refractivity contribution in [1.29, 1.82) is 0 Å². The fourth-order valence-electron chi connectivity index (χ4n) is 2.31. The minimum atomic E-state index is -3.04. The minimum absolute atomic E-state index is 0.0165. The zero-order valence-corrected chi connectivity index (χ0v) is 13.8. The Hall–Kier alpha value is -1.18. The zero-order valence-electron chi connectivity index (χ0n) is 12.2. The molecule has 5 nitrogen and oxygen atoms in total. The van der Waals surface area contributed by atoms with E-state index in [9.17, 15) is 17.6 Å². The Kier molecular flexibility index (Phi) is 5.41. The number of carbonyl (C=O) groups excluding carboxylic acids is 1. The van der Waals surface area contributed by atoms with Gasteiger partial charge in [0.25, 0.3) is 0 Å². The predicted molar refractivity (Wildman–Crippen MR) is 84.3 cm³/mol. The van der Waals surface area contributed by atoms with Crippen LogP contribution in [0.25, 0.3) is 0 Å². The highest BCUT2D eigenvalue weighted by Crippen LogP contribution is 2.20. The molecular formula is C14H18ClFN2O3S. The van der Waals surface area contributed by atoms with Gasteiger partial charge in [0.1, 0.15) is 5.82 Å². The van der Waals surface area contributed by atoms with E-state index < -0.39 is 21.6 Å². The molecule has 1 aliphatic heterocycles. The maximum absolute atomic E-state index is 13.6. The van der Waals surface area contributed by atoms with Crippen LogP contribution in [-0.2, 0) is 14.6 Å². The summed E-state index contributed by atoms with van der Waals surface area (Å²) in [7, 11) is -3.04. The van der Waals surface area contributed by atoms with E-state index in [1.807, 2.05) is 6.92 Å². The Bertz CT molecular complexity index is 666. The van der Waals surface area contributed by atoms with Crippen molar-refractivity contribution >= 4 is 33.0 Å². The Balaban J connectivity index is 2.00. The summed E-state index contributed by atoms with van der Waals surface area (Å²) >= 11 is 5.77. The highest BCUT2D eigenvalue weighted by atomic mass is 35.5. The van der Waals surface area contributed by atoms with E-state index in [2.05, 4.69) is 5.32 Å². The van der Waals surface area contributed by atoms with Crippen molar-refractivity contribution in [3.05, 3.63) is 29.0 Å². The zero-order chi connectivity index (χ0) is 16.3. The summed E-state index contributed by atoms with van der Waals surface area (Å²) in [4.78, 5) is 13.8. The second-order valence-electron chi connectivity index (χ2n) is 5.43. The third kappa shape index (κ3) is 4.66. The Morgan fingerprint density at radius 3 is 2.91 bits per heavy atom. The second-order valence-corrected chi connectivity index (χ2v) is 8.17. The molecule has 1 heterocycles. The third-order valence-electron chi connectivity index (χ3n) is 3.71. The molecule has 0 aliphatic carbocycles. The summed E-state index contributed by atoms with van der Waals surface area (Å²) in [6, 6.07) is 3.89. The fourth-order valence-corrected chi connectivity index (χ4v) is 3.90. The maximum atomic E-state index is 13.6. The Labute approximate surface area is 134 Å². The first-order chi connectivity index (χ1) is 10.3. The molecule has 0 bridgehead atoms. The van der Waals surface area contributed by atoms with Crippen molar-refractivity contribution in [2.75, 3.05) is 29.9 Å². The van der Waals surface area contributed by atoms with E-state index in [0.717, 1.165) is 0 Å². The summed E-state index contributed by atoms with van der Waals surface area (Å²) in [6.45, 7) is 2.20. The molecule has 1 aromatic carbocycles. The molecule has 122 valence electrons. The molecule has 1 aromatic rings. The highest BCUT2D eigenvalue weighted by Gasteiger charge is 2.25. The number of anilines is 1. The molecule has 2 rings (SSSR count). The third-order valence-corrected chi connectivity index (χ3v) is 5.61. The summed E-state index contributed by atoms with van der Waals surface area (Å²) in [5.41, 5.74) is 0.0209. The van der Waals surface area contributed by atoms with E-state index in [0.29, 0.717) is 18.0 Å². The van der Waals surface area contributed by atoms with Gasteiger partial charge in [-0.05, 0) is 31.5 Å². The van der Waals surface area contributed by atoms with Crippen LogP contribution in [0.2, 0.25) is 5.02 Å². The first kappa shape index (κ1) is 17.2. The number of sulfone groups is 1. The van der Waals surface area contributed by atoms with Crippen molar-refractivity contribution in [3.8, 4) is 0 Å². The SMILES string of the molecule is C[C@H]1CCS(=O)(=O)CCN1CC(=O)Nc1cc(Cl)ccc1F. The maximum Gasteiger partial charge on any atom is 0.238 e. The van der Waals surface area contributed by atoms with Crippen LogP contribution in [-0.4, -0.2) is 49.9 Å². The van der Waals surface area contributed by atoms with Crippen molar-refractivity contribution in [2.24, 2.45) is 0 Å². The monoisotopic (exact) mass is 348 g/mol. The molecule has 22 heavy (non-hydrogen) atoms. The van der Waals surface area contributed by atoms with E-state index in [4.69, 9.17) is 11.6 Å². The summed E-state index contributed by atoms with van der Waals surface area (Å²) in [5.74, 6) is -0.790. The van der Waals surface area contributed by atoms with Gasteiger partial charge in [-0.15, -0.1) is 0 Å². The lowest BCUT2D eigenvalue weighted by Crippen LogP contribution is -2.40. The van der Waals surface area contributed by atoms with Gasteiger partial charge in [-0.3, -0.25) is 9.69 Å². The van der Waals surface area contributed by atoms with Crippen molar-refractivity contribution in [2.45, 2.75) is 19.4 Å². The van der Waals surface area contributed by atoms with E-state index >= 15 is 0 Å². The summed E-state index contributed by atoms with van der Waals surface area (Å²) < 4.78 is 36.8. The molecular weight excluding hydrogens is 331 g/mol. The van der Waals surface area contributed by atoms with Gasteiger partial charge < -0.3 is 5.32 Å². The average molecular weight is 349 g/mol. The number of carbonyl (C=O) groups is 1. The largest absolute Gasteiger partial charge is 0.322 e. The van der Waals surface area contributed by atoms with Crippen LogP contribution in [0.3, 0.4) is 0 Å². The van der Waals surface area contributed by atoms with E-state index in [-0.39, 0.29) is 29.8 Å². The standard InChI is InChI=1S/C14H18ClFN2O3S/c1-10-4-6-22(20,21)7-5-18(10)9-14(19)17-13-8-11(15)2-3-12(13)16/h2-3,8,10H,4-7,9H2,1H3,(H,17,19)/t10-/m0/s1. The molecule has 8 heteroatoms. The average Bonchev–Trinajstić information content (AvgIpc) is 2.56. The first-order valence-electron chi connectivity index (χ1n) is 6.96. The summed E-state index contributed by atoms with van der Waals surface area (Å²) in [5, 5.41) is 2.80. The normalized spacial score (nSPS) is 22.0. The van der Waals surface area contributed by atoms with E-state index in [1.165, 1.54) is 18.2 Å². The molecule has 0 spiro atoms. The molecule has 1 atom stereocenters. The molecule has 0 unspecified atom stereocenters. The molecule has 0 aromatic heterocycles. The number of amides is 1. The molecule has 1 aliphatic rings.